The average molecular weight is 507 g/mol. The van der Waals surface area contributed by atoms with E-state index in [9.17, 15) is 13.2 Å². The molecule has 6 nitrogen and oxygen atoms in total. The molecule has 3 aromatic rings. The molecule has 1 amide bonds. The third-order valence-corrected chi connectivity index (χ3v) is 6.48. The van der Waals surface area contributed by atoms with Gasteiger partial charge in [-0.05, 0) is 48.0 Å². The molecule has 0 fully saturated rings. The van der Waals surface area contributed by atoms with Crippen molar-refractivity contribution in [3.05, 3.63) is 93.9 Å². The predicted molar refractivity (Wildman–Crippen MR) is 122 cm³/mol. The van der Waals surface area contributed by atoms with Gasteiger partial charge in [-0.25, -0.2) is 13.8 Å². The maximum absolute atomic E-state index is 13.2. The van der Waals surface area contributed by atoms with Crippen molar-refractivity contribution in [1.82, 2.24) is 5.43 Å². The molecule has 0 bridgehead atoms. The Morgan fingerprint density at radius 3 is 2.47 bits per heavy atom. The van der Waals surface area contributed by atoms with Gasteiger partial charge >= 0.3 is 0 Å². The highest BCUT2D eigenvalue weighted by molar-refractivity contribution is 9.10. The van der Waals surface area contributed by atoms with E-state index in [1.54, 1.807) is 66.7 Å². The van der Waals surface area contributed by atoms with E-state index in [-0.39, 0.29) is 4.90 Å². The van der Waals surface area contributed by atoms with Crippen LogP contribution in [0.15, 0.2) is 93.3 Å². The second-order valence-electron chi connectivity index (χ2n) is 6.15. The number of carbonyl (C=O) groups is 1. The first-order valence-electron chi connectivity index (χ1n) is 8.77. The summed E-state index contributed by atoms with van der Waals surface area (Å²) >= 11 is 9.25. The van der Waals surface area contributed by atoms with Crippen LogP contribution in [0.5, 0.6) is 0 Å². The van der Waals surface area contributed by atoms with Crippen molar-refractivity contribution >= 4 is 55.4 Å². The highest BCUT2D eigenvalue weighted by atomic mass is 79.9. The number of nitrogens with one attached hydrogen (secondary N) is 1. The summed E-state index contributed by atoms with van der Waals surface area (Å²) in [6.45, 7) is -0.444. The molecule has 1 N–H and O–H groups in total. The molecule has 0 aliphatic heterocycles. The van der Waals surface area contributed by atoms with Gasteiger partial charge in [0.25, 0.3) is 15.9 Å². The summed E-state index contributed by atoms with van der Waals surface area (Å²) in [7, 11) is -3.97. The van der Waals surface area contributed by atoms with E-state index in [4.69, 9.17) is 11.6 Å². The normalized spacial score (nSPS) is 11.4. The first-order valence-corrected chi connectivity index (χ1v) is 11.4. The van der Waals surface area contributed by atoms with Crippen molar-refractivity contribution in [3.8, 4) is 0 Å². The van der Waals surface area contributed by atoms with Crippen molar-refractivity contribution in [2.45, 2.75) is 4.90 Å². The van der Waals surface area contributed by atoms with E-state index < -0.39 is 22.5 Å². The second kappa shape index (κ2) is 9.88. The van der Waals surface area contributed by atoms with Crippen LogP contribution < -0.4 is 9.73 Å². The van der Waals surface area contributed by atoms with Crippen LogP contribution in [0.3, 0.4) is 0 Å². The first-order chi connectivity index (χ1) is 14.4. The summed E-state index contributed by atoms with van der Waals surface area (Å²) in [5, 5.41) is 4.43. The molecule has 0 heterocycles. The standard InChI is InChI=1S/C21H17BrClN3O3S/c22-17-7-5-9-19(13-17)26(30(28,29)20-10-2-1-3-11-20)15-21(27)25-24-14-16-6-4-8-18(23)12-16/h1-14H,15H2,(H,25,27)/b24-14+. The molecule has 0 unspecified atom stereocenters. The molecule has 3 aromatic carbocycles. The molecule has 0 aliphatic carbocycles. The van der Waals surface area contributed by atoms with Crippen LogP contribution in [-0.2, 0) is 14.8 Å². The number of nitrogens with zero attached hydrogens (tertiary/aromatic N) is 2. The SMILES string of the molecule is O=C(CN(c1cccc(Br)c1)S(=O)(=O)c1ccccc1)N/N=C/c1cccc(Cl)c1. The average Bonchev–Trinajstić information content (AvgIpc) is 2.72. The largest absolute Gasteiger partial charge is 0.271 e. The van der Waals surface area contributed by atoms with Gasteiger partial charge in [-0.1, -0.05) is 63.9 Å². The number of halogens is 2. The molecule has 154 valence electrons. The third kappa shape index (κ3) is 5.69. The van der Waals surface area contributed by atoms with Gasteiger partial charge in [-0.3, -0.25) is 9.10 Å². The summed E-state index contributed by atoms with van der Waals surface area (Å²) in [5.74, 6) is -0.590. The zero-order valence-corrected chi connectivity index (χ0v) is 18.7. The maximum atomic E-state index is 13.2. The summed E-state index contributed by atoms with van der Waals surface area (Å²) in [6, 6.07) is 21.6. The lowest BCUT2D eigenvalue weighted by molar-refractivity contribution is -0.119. The van der Waals surface area contributed by atoms with Crippen LogP contribution in [-0.4, -0.2) is 27.1 Å². The number of carbonyl (C=O) groups excluding carboxylic acids is 1. The Bertz CT molecular complexity index is 1170. The summed E-state index contributed by atoms with van der Waals surface area (Å²) in [4.78, 5) is 12.6. The highest BCUT2D eigenvalue weighted by Crippen LogP contribution is 2.26. The fourth-order valence-corrected chi connectivity index (χ4v) is 4.62. The van der Waals surface area contributed by atoms with Crippen LogP contribution in [0.4, 0.5) is 5.69 Å². The Morgan fingerprint density at radius 1 is 1.03 bits per heavy atom. The van der Waals surface area contributed by atoms with E-state index in [0.29, 0.717) is 20.7 Å². The molecule has 30 heavy (non-hydrogen) atoms. The van der Waals surface area contributed by atoms with Gasteiger partial charge < -0.3 is 0 Å². The highest BCUT2D eigenvalue weighted by Gasteiger charge is 2.27. The molecule has 9 heteroatoms. The lowest BCUT2D eigenvalue weighted by Gasteiger charge is -2.23. The van der Waals surface area contributed by atoms with Gasteiger partial charge in [0.1, 0.15) is 6.54 Å². The van der Waals surface area contributed by atoms with Crippen LogP contribution in [0.1, 0.15) is 5.56 Å². The minimum Gasteiger partial charge on any atom is -0.271 e. The molecule has 3 rings (SSSR count). The van der Waals surface area contributed by atoms with Crippen LogP contribution >= 0.6 is 27.5 Å². The minimum atomic E-state index is -3.97. The van der Waals surface area contributed by atoms with E-state index in [1.807, 2.05) is 0 Å². The first kappa shape index (κ1) is 22.0. The Labute approximate surface area is 188 Å². The van der Waals surface area contributed by atoms with Crippen LogP contribution in [0, 0.1) is 0 Å². The molecule has 0 radical (unpaired) electrons. The molecule has 0 atom stereocenters. The van der Waals surface area contributed by atoms with Crippen LogP contribution in [0.2, 0.25) is 5.02 Å². The fraction of sp³-hybridized carbons (Fsp3) is 0.0476. The van der Waals surface area contributed by atoms with Gasteiger partial charge in [0, 0.05) is 9.50 Å². The molecule has 0 saturated heterocycles. The van der Waals surface area contributed by atoms with Gasteiger partial charge in [-0.2, -0.15) is 5.10 Å². The Morgan fingerprint density at radius 2 is 1.77 bits per heavy atom. The molecular formula is C21H17BrClN3O3S. The topological polar surface area (TPSA) is 78.8 Å². The minimum absolute atomic E-state index is 0.0835. The number of hydrogen-bond donors (Lipinski definition) is 1. The second-order valence-corrected chi connectivity index (χ2v) is 9.37. The zero-order chi connectivity index (χ0) is 21.6. The molecule has 0 saturated carbocycles. The van der Waals surface area contributed by atoms with Crippen molar-refractivity contribution in [3.63, 3.8) is 0 Å². The maximum Gasteiger partial charge on any atom is 0.264 e. The van der Waals surface area contributed by atoms with Gasteiger partial charge in [0.2, 0.25) is 0 Å². The van der Waals surface area contributed by atoms with Gasteiger partial charge in [0.05, 0.1) is 16.8 Å². The van der Waals surface area contributed by atoms with E-state index in [1.165, 1.54) is 18.3 Å². The Balaban J connectivity index is 1.83. The van der Waals surface area contributed by atoms with Crippen molar-refractivity contribution in [2.75, 3.05) is 10.8 Å². The number of hydrazone groups is 1. The number of hydrogen-bond acceptors (Lipinski definition) is 4. The molecule has 0 aliphatic rings. The van der Waals surface area contributed by atoms with Crippen molar-refractivity contribution in [1.29, 1.82) is 0 Å². The molecular weight excluding hydrogens is 490 g/mol. The third-order valence-electron chi connectivity index (χ3n) is 3.97. The van der Waals surface area contributed by atoms with E-state index >= 15 is 0 Å². The molecule has 0 spiro atoms. The molecule has 0 aromatic heterocycles. The van der Waals surface area contributed by atoms with E-state index in [0.717, 1.165) is 4.31 Å². The van der Waals surface area contributed by atoms with Crippen LogP contribution in [0.25, 0.3) is 0 Å². The van der Waals surface area contributed by atoms with Crippen molar-refractivity contribution < 1.29 is 13.2 Å². The monoisotopic (exact) mass is 505 g/mol. The summed E-state index contributed by atoms with van der Waals surface area (Å²) < 4.78 is 28.1. The number of rotatable bonds is 7. The lowest BCUT2D eigenvalue weighted by atomic mass is 10.2. The smallest absolute Gasteiger partial charge is 0.264 e. The summed E-state index contributed by atoms with van der Waals surface area (Å²) in [6.07, 6.45) is 1.43. The lowest BCUT2D eigenvalue weighted by Crippen LogP contribution is -2.39. The predicted octanol–water partition coefficient (Wildman–Crippen LogP) is 4.45. The van der Waals surface area contributed by atoms with Crippen molar-refractivity contribution in [2.24, 2.45) is 5.10 Å². The van der Waals surface area contributed by atoms with E-state index in [2.05, 4.69) is 26.5 Å². The zero-order valence-electron chi connectivity index (χ0n) is 15.6. The summed E-state index contributed by atoms with van der Waals surface area (Å²) in [5.41, 5.74) is 3.41. The quantitative estimate of drug-likeness (QED) is 0.380. The van der Waals surface area contributed by atoms with Gasteiger partial charge in [-0.15, -0.1) is 0 Å². The number of sulfonamides is 1. The van der Waals surface area contributed by atoms with Gasteiger partial charge in [0.15, 0.2) is 0 Å². The number of anilines is 1. The fourth-order valence-electron chi connectivity index (χ4n) is 2.60. The number of amides is 1. The number of benzene rings is 3. The Hall–Kier alpha value is -2.68. The Kier molecular flexibility index (Phi) is 7.25.